The maximum Gasteiger partial charge on any atom is 0.324 e. The van der Waals surface area contributed by atoms with Crippen LogP contribution in [0.25, 0.3) is 0 Å². The van der Waals surface area contributed by atoms with Crippen molar-refractivity contribution < 1.29 is 9.59 Å². The lowest BCUT2D eigenvalue weighted by Crippen LogP contribution is -2.55. The second-order valence-electron chi connectivity index (χ2n) is 3.62. The predicted molar refractivity (Wildman–Crippen MR) is 49.1 cm³/mol. The second-order valence-corrected chi connectivity index (χ2v) is 3.62. The van der Waals surface area contributed by atoms with Gasteiger partial charge in [0.05, 0.1) is 5.92 Å². The zero-order chi connectivity index (χ0) is 10.0. The van der Waals surface area contributed by atoms with Crippen LogP contribution < -0.4 is 5.32 Å². The van der Waals surface area contributed by atoms with Crippen LogP contribution in [0.1, 0.15) is 20.8 Å². The van der Waals surface area contributed by atoms with E-state index in [0.717, 1.165) is 0 Å². The molecule has 4 nitrogen and oxygen atoms in total. The highest BCUT2D eigenvalue weighted by Gasteiger charge is 2.34. The highest BCUT2D eigenvalue weighted by Crippen LogP contribution is 2.16. The molecule has 74 valence electrons. The van der Waals surface area contributed by atoms with E-state index < -0.39 is 0 Å². The van der Waals surface area contributed by atoms with Gasteiger partial charge in [-0.1, -0.05) is 13.8 Å². The van der Waals surface area contributed by atoms with E-state index >= 15 is 0 Å². The molecule has 1 N–H and O–H groups in total. The molecule has 3 amide bonds. The average Bonchev–Trinajstić information content (AvgIpc) is 2.04. The highest BCUT2D eigenvalue weighted by molar-refractivity contribution is 5.98. The van der Waals surface area contributed by atoms with Gasteiger partial charge in [-0.2, -0.15) is 0 Å². The van der Waals surface area contributed by atoms with Gasteiger partial charge in [0, 0.05) is 13.1 Å². The average molecular weight is 184 g/mol. The number of carbonyl (C=O) groups excluding carboxylic acids is 2. The summed E-state index contributed by atoms with van der Waals surface area (Å²) in [6, 6.07) is -0.260. The van der Waals surface area contributed by atoms with Crippen molar-refractivity contribution in [2.24, 2.45) is 11.8 Å². The molecule has 0 bridgehead atoms. The number of hydrogen-bond donors (Lipinski definition) is 1. The Morgan fingerprint density at radius 3 is 2.62 bits per heavy atom. The van der Waals surface area contributed by atoms with Gasteiger partial charge >= 0.3 is 6.03 Å². The summed E-state index contributed by atoms with van der Waals surface area (Å²) in [5.74, 6) is 0.182. The number of carbonyl (C=O) groups is 2. The largest absolute Gasteiger partial charge is 0.337 e. The predicted octanol–water partition coefficient (Wildman–Crippen LogP) is 0.830. The van der Waals surface area contributed by atoms with E-state index in [9.17, 15) is 9.59 Å². The van der Waals surface area contributed by atoms with Crippen molar-refractivity contribution in [2.75, 3.05) is 13.1 Å². The molecule has 0 aliphatic carbocycles. The van der Waals surface area contributed by atoms with Crippen LogP contribution in [-0.2, 0) is 4.79 Å². The minimum atomic E-state index is -0.260. The normalized spacial score (nSPS) is 23.7. The van der Waals surface area contributed by atoms with Gasteiger partial charge in [0.15, 0.2) is 0 Å². The number of nitrogens with one attached hydrogen (secondary N) is 1. The molecule has 13 heavy (non-hydrogen) atoms. The molecule has 1 heterocycles. The fourth-order valence-corrected chi connectivity index (χ4v) is 1.50. The Bertz CT molecular complexity index is 226. The van der Waals surface area contributed by atoms with Gasteiger partial charge in [0.2, 0.25) is 5.91 Å². The standard InChI is InChI=1S/C9H16N2O2/c1-4-11-8(12)7(6(2)3)5-10-9(11)13/h6-7H,4-5H2,1-3H3,(H,10,13). The maximum absolute atomic E-state index is 11.7. The van der Waals surface area contributed by atoms with Crippen LogP contribution in [-0.4, -0.2) is 29.9 Å². The van der Waals surface area contributed by atoms with E-state index in [1.165, 1.54) is 4.90 Å². The van der Waals surface area contributed by atoms with E-state index in [1.54, 1.807) is 6.92 Å². The van der Waals surface area contributed by atoms with Gasteiger partial charge < -0.3 is 5.32 Å². The number of urea groups is 1. The summed E-state index contributed by atoms with van der Waals surface area (Å²) in [7, 11) is 0. The third-order valence-corrected chi connectivity index (χ3v) is 2.42. The van der Waals surface area contributed by atoms with Crippen LogP contribution in [0, 0.1) is 11.8 Å². The molecule has 0 saturated carbocycles. The monoisotopic (exact) mass is 184 g/mol. The van der Waals surface area contributed by atoms with Crippen molar-refractivity contribution in [1.82, 2.24) is 10.2 Å². The Morgan fingerprint density at radius 2 is 2.15 bits per heavy atom. The molecule has 1 fully saturated rings. The molecule has 1 atom stereocenters. The first-order valence-electron chi connectivity index (χ1n) is 4.67. The molecule has 0 radical (unpaired) electrons. The lowest BCUT2D eigenvalue weighted by molar-refractivity contribution is -0.135. The fourth-order valence-electron chi connectivity index (χ4n) is 1.50. The quantitative estimate of drug-likeness (QED) is 0.691. The molecule has 1 rings (SSSR count). The van der Waals surface area contributed by atoms with E-state index in [0.29, 0.717) is 13.1 Å². The first-order valence-corrected chi connectivity index (χ1v) is 4.67. The molecule has 0 aromatic heterocycles. The minimum Gasteiger partial charge on any atom is -0.337 e. The van der Waals surface area contributed by atoms with Gasteiger partial charge in [-0.25, -0.2) is 4.79 Å². The number of rotatable bonds is 2. The second kappa shape index (κ2) is 3.77. The zero-order valence-electron chi connectivity index (χ0n) is 8.33. The van der Waals surface area contributed by atoms with Crippen LogP contribution in [0.2, 0.25) is 0 Å². The summed E-state index contributed by atoms with van der Waals surface area (Å²) < 4.78 is 0. The third kappa shape index (κ3) is 1.82. The number of nitrogens with zero attached hydrogens (tertiary/aromatic N) is 1. The Kier molecular flexibility index (Phi) is 2.90. The summed E-state index contributed by atoms with van der Waals surface area (Å²) in [6.45, 7) is 6.72. The molecule has 1 aliphatic heterocycles. The maximum atomic E-state index is 11.7. The lowest BCUT2D eigenvalue weighted by Gasteiger charge is -2.32. The van der Waals surface area contributed by atoms with E-state index in [-0.39, 0.29) is 23.8 Å². The highest BCUT2D eigenvalue weighted by atomic mass is 16.2. The number of amides is 3. The number of hydrogen-bond acceptors (Lipinski definition) is 2. The van der Waals surface area contributed by atoms with Gasteiger partial charge in [-0.15, -0.1) is 0 Å². The Hall–Kier alpha value is -1.06. The summed E-state index contributed by atoms with van der Waals surface area (Å²) in [5, 5.41) is 2.71. The topological polar surface area (TPSA) is 49.4 Å². The van der Waals surface area contributed by atoms with Crippen LogP contribution in [0.4, 0.5) is 4.79 Å². The van der Waals surface area contributed by atoms with Crippen molar-refractivity contribution in [3.05, 3.63) is 0 Å². The SMILES string of the molecule is CCN1C(=O)NCC(C(C)C)C1=O. The summed E-state index contributed by atoms with van der Waals surface area (Å²) in [5.41, 5.74) is 0. The Morgan fingerprint density at radius 1 is 1.54 bits per heavy atom. The summed E-state index contributed by atoms with van der Waals surface area (Å²) in [4.78, 5) is 24.1. The van der Waals surface area contributed by atoms with Gasteiger partial charge in [-0.05, 0) is 12.8 Å². The minimum absolute atomic E-state index is 0.0405. The van der Waals surface area contributed by atoms with Crippen molar-refractivity contribution in [1.29, 1.82) is 0 Å². The first-order chi connectivity index (χ1) is 6.07. The van der Waals surface area contributed by atoms with Gasteiger partial charge in [0.1, 0.15) is 0 Å². The van der Waals surface area contributed by atoms with Gasteiger partial charge in [0.25, 0.3) is 0 Å². The molecule has 0 spiro atoms. The first kappa shape index (κ1) is 10.0. The van der Waals surface area contributed by atoms with Crippen LogP contribution >= 0.6 is 0 Å². The molecule has 0 aromatic carbocycles. The lowest BCUT2D eigenvalue weighted by atomic mass is 9.93. The van der Waals surface area contributed by atoms with Crippen molar-refractivity contribution in [2.45, 2.75) is 20.8 Å². The van der Waals surface area contributed by atoms with E-state index in [4.69, 9.17) is 0 Å². The molecular formula is C9H16N2O2. The van der Waals surface area contributed by atoms with E-state index in [2.05, 4.69) is 5.32 Å². The van der Waals surface area contributed by atoms with Crippen molar-refractivity contribution in [3.8, 4) is 0 Å². The molecule has 1 unspecified atom stereocenters. The molecule has 0 aromatic rings. The summed E-state index contributed by atoms with van der Waals surface area (Å²) in [6.07, 6.45) is 0. The van der Waals surface area contributed by atoms with Crippen LogP contribution in [0.15, 0.2) is 0 Å². The molecule has 4 heteroatoms. The fraction of sp³-hybridized carbons (Fsp3) is 0.778. The van der Waals surface area contributed by atoms with Crippen LogP contribution in [0.3, 0.4) is 0 Å². The Labute approximate surface area is 78.3 Å². The smallest absolute Gasteiger partial charge is 0.324 e. The van der Waals surface area contributed by atoms with Crippen molar-refractivity contribution in [3.63, 3.8) is 0 Å². The molecule has 1 saturated heterocycles. The van der Waals surface area contributed by atoms with E-state index in [1.807, 2.05) is 13.8 Å². The zero-order valence-corrected chi connectivity index (χ0v) is 8.33. The third-order valence-electron chi connectivity index (χ3n) is 2.42. The van der Waals surface area contributed by atoms with Gasteiger partial charge in [-0.3, -0.25) is 9.69 Å². The molecule has 1 aliphatic rings. The Balaban J connectivity index is 2.75. The van der Waals surface area contributed by atoms with Crippen LogP contribution in [0.5, 0.6) is 0 Å². The van der Waals surface area contributed by atoms with Crippen molar-refractivity contribution >= 4 is 11.9 Å². The summed E-state index contributed by atoms with van der Waals surface area (Å²) >= 11 is 0. The molecular weight excluding hydrogens is 168 g/mol. The number of imide groups is 1.